The molecule has 0 spiro atoms. The number of anilines is 1. The fourth-order valence-corrected chi connectivity index (χ4v) is 1.58. The predicted octanol–water partition coefficient (Wildman–Crippen LogP) is 0.317. The van der Waals surface area contributed by atoms with Gasteiger partial charge in [-0.2, -0.15) is 5.10 Å². The maximum Gasteiger partial charge on any atom is 0.341 e. The van der Waals surface area contributed by atoms with Gasteiger partial charge in [-0.3, -0.25) is 9.48 Å². The summed E-state index contributed by atoms with van der Waals surface area (Å²) in [7, 11) is 5.33. The maximum absolute atomic E-state index is 11.7. The quantitative estimate of drug-likeness (QED) is 0.790. The molecule has 2 N–H and O–H groups in total. The summed E-state index contributed by atoms with van der Waals surface area (Å²) < 4.78 is 1.37. The van der Waals surface area contributed by atoms with Crippen molar-refractivity contribution < 1.29 is 14.7 Å². The molecule has 0 fully saturated rings. The summed E-state index contributed by atoms with van der Waals surface area (Å²) in [5.74, 6) is -1.10. The largest absolute Gasteiger partial charge is 0.477 e. The van der Waals surface area contributed by atoms with Gasteiger partial charge in [0.2, 0.25) is 5.91 Å². The number of amides is 1. The lowest BCUT2D eigenvalue weighted by Crippen LogP contribution is -2.22. The number of hydrogen-bond donors (Lipinski definition) is 2. The Morgan fingerprint density at radius 3 is 2.56 bits per heavy atom. The molecule has 1 rings (SSSR count). The van der Waals surface area contributed by atoms with E-state index in [2.05, 4.69) is 10.4 Å². The molecule has 0 aliphatic heterocycles. The average molecular weight is 254 g/mol. The Labute approximate surface area is 105 Å². The Balaban J connectivity index is 2.84. The van der Waals surface area contributed by atoms with Gasteiger partial charge in [0.25, 0.3) is 0 Å². The van der Waals surface area contributed by atoms with Gasteiger partial charge in [0, 0.05) is 20.0 Å². The van der Waals surface area contributed by atoms with Crippen molar-refractivity contribution in [2.75, 3.05) is 26.0 Å². The van der Waals surface area contributed by atoms with Gasteiger partial charge in [-0.05, 0) is 21.0 Å². The highest BCUT2D eigenvalue weighted by Crippen LogP contribution is 2.18. The minimum absolute atomic E-state index is 0.0377. The monoisotopic (exact) mass is 254 g/mol. The molecule has 1 heterocycles. The molecule has 1 aromatic rings. The topological polar surface area (TPSA) is 87.5 Å². The minimum Gasteiger partial charge on any atom is -0.477 e. The second kappa shape index (κ2) is 5.63. The SMILES string of the molecule is Cc1nn(C)c(NC(=O)CCN(C)C)c1C(=O)O. The van der Waals surface area contributed by atoms with E-state index in [1.54, 1.807) is 14.0 Å². The van der Waals surface area contributed by atoms with E-state index < -0.39 is 5.97 Å². The number of carboxylic acid groups (broad SMARTS) is 1. The molecule has 0 saturated carbocycles. The van der Waals surface area contributed by atoms with Crippen molar-refractivity contribution >= 4 is 17.7 Å². The van der Waals surface area contributed by atoms with Crippen LogP contribution in [0.2, 0.25) is 0 Å². The van der Waals surface area contributed by atoms with Crippen molar-refractivity contribution in [3.63, 3.8) is 0 Å². The molecule has 100 valence electrons. The number of rotatable bonds is 5. The van der Waals surface area contributed by atoms with Gasteiger partial charge in [-0.15, -0.1) is 0 Å². The fourth-order valence-electron chi connectivity index (χ4n) is 1.58. The van der Waals surface area contributed by atoms with Crippen LogP contribution in [0.15, 0.2) is 0 Å². The zero-order chi connectivity index (χ0) is 13.9. The first-order valence-corrected chi connectivity index (χ1v) is 5.54. The number of nitrogens with zero attached hydrogens (tertiary/aromatic N) is 3. The van der Waals surface area contributed by atoms with Crippen molar-refractivity contribution in [1.29, 1.82) is 0 Å². The van der Waals surface area contributed by atoms with E-state index >= 15 is 0 Å². The van der Waals surface area contributed by atoms with Crippen molar-refractivity contribution in [2.45, 2.75) is 13.3 Å². The van der Waals surface area contributed by atoms with Gasteiger partial charge in [0.15, 0.2) is 0 Å². The molecular weight excluding hydrogens is 236 g/mol. The Morgan fingerprint density at radius 2 is 2.06 bits per heavy atom. The summed E-state index contributed by atoms with van der Waals surface area (Å²) in [5.41, 5.74) is 0.420. The molecule has 0 saturated heterocycles. The van der Waals surface area contributed by atoms with Gasteiger partial charge in [0.1, 0.15) is 11.4 Å². The first-order chi connectivity index (χ1) is 8.32. The number of nitrogens with one attached hydrogen (secondary N) is 1. The van der Waals surface area contributed by atoms with E-state index in [1.165, 1.54) is 4.68 Å². The highest BCUT2D eigenvalue weighted by atomic mass is 16.4. The zero-order valence-electron chi connectivity index (χ0n) is 11.0. The Hall–Kier alpha value is -1.89. The van der Waals surface area contributed by atoms with Gasteiger partial charge >= 0.3 is 5.97 Å². The molecule has 0 aromatic carbocycles. The van der Waals surface area contributed by atoms with E-state index in [1.807, 2.05) is 19.0 Å². The summed E-state index contributed by atoms with van der Waals surface area (Å²) in [4.78, 5) is 24.7. The Bertz CT molecular complexity index is 465. The summed E-state index contributed by atoms with van der Waals surface area (Å²) in [6.45, 7) is 2.20. The van der Waals surface area contributed by atoms with Crippen molar-refractivity contribution in [3.05, 3.63) is 11.3 Å². The third kappa shape index (κ3) is 3.30. The van der Waals surface area contributed by atoms with Crippen LogP contribution in [-0.2, 0) is 11.8 Å². The zero-order valence-corrected chi connectivity index (χ0v) is 11.0. The first kappa shape index (κ1) is 14.2. The van der Waals surface area contributed by atoms with Crippen LogP contribution < -0.4 is 5.32 Å². The maximum atomic E-state index is 11.7. The fraction of sp³-hybridized carbons (Fsp3) is 0.545. The Morgan fingerprint density at radius 1 is 1.44 bits per heavy atom. The molecule has 0 bridgehead atoms. The van der Waals surface area contributed by atoms with Gasteiger partial charge in [-0.25, -0.2) is 4.79 Å². The second-order valence-electron chi connectivity index (χ2n) is 4.34. The number of carbonyl (C=O) groups excluding carboxylic acids is 1. The number of aryl methyl sites for hydroxylation is 2. The average Bonchev–Trinajstić information content (AvgIpc) is 2.51. The lowest BCUT2D eigenvalue weighted by molar-refractivity contribution is -0.116. The minimum atomic E-state index is -1.09. The van der Waals surface area contributed by atoms with E-state index in [0.717, 1.165) is 0 Å². The molecule has 1 aromatic heterocycles. The highest BCUT2D eigenvalue weighted by Gasteiger charge is 2.20. The molecule has 0 aliphatic carbocycles. The number of aromatic nitrogens is 2. The number of aromatic carboxylic acids is 1. The third-order valence-electron chi connectivity index (χ3n) is 2.48. The van der Waals surface area contributed by atoms with E-state index in [-0.39, 0.29) is 17.3 Å². The van der Waals surface area contributed by atoms with Crippen molar-refractivity contribution in [3.8, 4) is 0 Å². The van der Waals surface area contributed by atoms with E-state index in [0.29, 0.717) is 18.7 Å². The van der Waals surface area contributed by atoms with E-state index in [9.17, 15) is 9.59 Å². The number of hydrogen-bond acceptors (Lipinski definition) is 4. The summed E-state index contributed by atoms with van der Waals surface area (Å²) in [5, 5.41) is 15.7. The third-order valence-corrected chi connectivity index (χ3v) is 2.48. The van der Waals surface area contributed by atoms with Crippen molar-refractivity contribution in [2.24, 2.45) is 7.05 Å². The van der Waals surface area contributed by atoms with Crippen LogP contribution in [0.5, 0.6) is 0 Å². The van der Waals surface area contributed by atoms with Gasteiger partial charge < -0.3 is 15.3 Å². The summed E-state index contributed by atoms with van der Waals surface area (Å²) in [6, 6.07) is 0. The first-order valence-electron chi connectivity index (χ1n) is 5.54. The van der Waals surface area contributed by atoms with Crippen LogP contribution in [0.4, 0.5) is 5.82 Å². The van der Waals surface area contributed by atoms with Crippen LogP contribution in [0.25, 0.3) is 0 Å². The lowest BCUT2D eigenvalue weighted by Gasteiger charge is -2.10. The number of carboxylic acids is 1. The van der Waals surface area contributed by atoms with Crippen LogP contribution >= 0.6 is 0 Å². The summed E-state index contributed by atoms with van der Waals surface area (Å²) in [6.07, 6.45) is 0.302. The predicted molar refractivity (Wildman–Crippen MR) is 66.7 cm³/mol. The number of carbonyl (C=O) groups is 2. The van der Waals surface area contributed by atoms with E-state index in [4.69, 9.17) is 5.11 Å². The molecular formula is C11H18N4O3. The Kier molecular flexibility index (Phi) is 4.43. The summed E-state index contributed by atoms with van der Waals surface area (Å²) >= 11 is 0. The molecule has 18 heavy (non-hydrogen) atoms. The lowest BCUT2D eigenvalue weighted by atomic mass is 10.2. The van der Waals surface area contributed by atoms with Crippen LogP contribution in [0.3, 0.4) is 0 Å². The van der Waals surface area contributed by atoms with Gasteiger partial charge in [-0.1, -0.05) is 0 Å². The van der Waals surface area contributed by atoms with Gasteiger partial charge in [0.05, 0.1) is 5.69 Å². The van der Waals surface area contributed by atoms with Crippen LogP contribution in [-0.4, -0.2) is 52.3 Å². The molecule has 7 nitrogen and oxygen atoms in total. The molecule has 0 unspecified atom stereocenters. The standard InChI is InChI=1S/C11H18N4O3/c1-7-9(11(17)18)10(15(4)13-7)12-8(16)5-6-14(2)3/h5-6H2,1-4H3,(H,12,16)(H,17,18). The normalized spacial score (nSPS) is 10.7. The smallest absolute Gasteiger partial charge is 0.341 e. The second-order valence-corrected chi connectivity index (χ2v) is 4.34. The van der Waals surface area contributed by atoms with Crippen LogP contribution in [0.1, 0.15) is 22.5 Å². The molecule has 0 aliphatic rings. The van der Waals surface area contributed by atoms with Crippen LogP contribution in [0, 0.1) is 6.92 Å². The molecule has 7 heteroatoms. The molecule has 0 atom stereocenters. The molecule has 0 radical (unpaired) electrons. The molecule has 1 amide bonds. The highest BCUT2D eigenvalue weighted by molar-refractivity contribution is 6.00. The van der Waals surface area contributed by atoms with Crippen molar-refractivity contribution in [1.82, 2.24) is 14.7 Å².